The number of benzene rings is 1. The maximum atomic E-state index is 11.5. The van der Waals surface area contributed by atoms with Crippen LogP contribution in [0, 0.1) is 0 Å². The van der Waals surface area contributed by atoms with Gasteiger partial charge < -0.3 is 11.1 Å². The van der Waals surface area contributed by atoms with Crippen LogP contribution in [0.3, 0.4) is 0 Å². The molecule has 2 rings (SSSR count). The first-order valence-electron chi connectivity index (χ1n) is 6.15. The summed E-state index contributed by atoms with van der Waals surface area (Å²) in [4.78, 5) is 13.6. The molecule has 0 aromatic heterocycles. The first-order chi connectivity index (χ1) is 8.69. The summed E-state index contributed by atoms with van der Waals surface area (Å²) in [6.45, 7) is 3.31. The van der Waals surface area contributed by atoms with Gasteiger partial charge in [-0.1, -0.05) is 23.7 Å². The van der Waals surface area contributed by atoms with Crippen molar-refractivity contribution >= 4 is 17.5 Å². The lowest BCUT2D eigenvalue weighted by Gasteiger charge is -2.19. The first kappa shape index (κ1) is 13.3. The summed E-state index contributed by atoms with van der Waals surface area (Å²) < 4.78 is 0. The van der Waals surface area contributed by atoms with Crippen LogP contribution >= 0.6 is 11.6 Å². The Hall–Kier alpha value is -1.10. The number of amides is 1. The van der Waals surface area contributed by atoms with E-state index in [2.05, 4.69) is 10.2 Å². The third-order valence-corrected chi connectivity index (χ3v) is 3.44. The van der Waals surface area contributed by atoms with Crippen molar-refractivity contribution in [1.82, 2.24) is 10.2 Å². The molecule has 0 bridgehead atoms. The molecular weight excluding hydrogens is 250 g/mol. The topological polar surface area (TPSA) is 58.4 Å². The second-order valence-corrected chi connectivity index (χ2v) is 4.95. The molecule has 0 aliphatic carbocycles. The second-order valence-electron chi connectivity index (χ2n) is 4.54. The molecule has 1 amide bonds. The molecule has 98 valence electrons. The lowest BCUT2D eigenvalue weighted by Crippen LogP contribution is -2.32. The van der Waals surface area contributed by atoms with Crippen molar-refractivity contribution < 1.29 is 4.79 Å². The van der Waals surface area contributed by atoms with E-state index in [9.17, 15) is 4.79 Å². The molecule has 0 spiro atoms. The Balaban J connectivity index is 2.06. The van der Waals surface area contributed by atoms with Crippen LogP contribution in [0.25, 0.3) is 0 Å². The van der Waals surface area contributed by atoms with Crippen LogP contribution in [-0.2, 0) is 17.9 Å². The van der Waals surface area contributed by atoms with Gasteiger partial charge in [-0.3, -0.25) is 9.69 Å². The van der Waals surface area contributed by atoms with Crippen molar-refractivity contribution in [1.29, 1.82) is 0 Å². The van der Waals surface area contributed by atoms with Gasteiger partial charge in [0.25, 0.3) is 0 Å². The maximum Gasteiger partial charge on any atom is 0.234 e. The van der Waals surface area contributed by atoms with Gasteiger partial charge in [-0.15, -0.1) is 0 Å². The van der Waals surface area contributed by atoms with Crippen LogP contribution < -0.4 is 11.1 Å². The van der Waals surface area contributed by atoms with Gasteiger partial charge in [0.2, 0.25) is 5.91 Å². The molecule has 1 saturated heterocycles. The Kier molecular flexibility index (Phi) is 4.58. The molecule has 1 fully saturated rings. The summed E-state index contributed by atoms with van der Waals surface area (Å²) >= 11 is 6.22. The Bertz CT molecular complexity index is 436. The first-order valence-corrected chi connectivity index (χ1v) is 6.53. The van der Waals surface area contributed by atoms with Gasteiger partial charge in [-0.2, -0.15) is 0 Å². The van der Waals surface area contributed by atoms with E-state index in [1.54, 1.807) is 0 Å². The fraction of sp³-hybridized carbons (Fsp3) is 0.462. The number of nitrogens with zero attached hydrogens (tertiary/aromatic N) is 1. The lowest BCUT2D eigenvalue weighted by molar-refractivity contribution is -0.121. The van der Waals surface area contributed by atoms with Crippen molar-refractivity contribution in [2.75, 3.05) is 19.6 Å². The summed E-state index contributed by atoms with van der Waals surface area (Å²) in [5, 5.41) is 3.59. The molecular formula is C13H18ClN3O. The fourth-order valence-electron chi connectivity index (χ4n) is 2.09. The van der Waals surface area contributed by atoms with E-state index in [4.69, 9.17) is 17.3 Å². The number of hydrogen-bond donors (Lipinski definition) is 2. The van der Waals surface area contributed by atoms with E-state index in [1.807, 2.05) is 18.2 Å². The summed E-state index contributed by atoms with van der Waals surface area (Å²) in [5.41, 5.74) is 7.64. The molecule has 1 aromatic carbocycles. The molecule has 3 N–H and O–H groups in total. The van der Waals surface area contributed by atoms with E-state index in [1.165, 1.54) is 0 Å². The van der Waals surface area contributed by atoms with E-state index in [0.29, 0.717) is 19.6 Å². The molecule has 0 radical (unpaired) electrons. The highest BCUT2D eigenvalue weighted by atomic mass is 35.5. The predicted molar refractivity (Wildman–Crippen MR) is 72.2 cm³/mol. The second kappa shape index (κ2) is 6.18. The van der Waals surface area contributed by atoms with Gasteiger partial charge in [0, 0.05) is 31.2 Å². The van der Waals surface area contributed by atoms with Gasteiger partial charge >= 0.3 is 0 Å². The van der Waals surface area contributed by atoms with Crippen LogP contribution in [0.15, 0.2) is 18.2 Å². The van der Waals surface area contributed by atoms with E-state index in [0.717, 1.165) is 35.7 Å². The van der Waals surface area contributed by atoms with Crippen molar-refractivity contribution in [2.24, 2.45) is 5.73 Å². The number of nitrogens with two attached hydrogens (primary N) is 1. The van der Waals surface area contributed by atoms with Gasteiger partial charge in [0.05, 0.1) is 6.54 Å². The molecule has 4 nitrogen and oxygen atoms in total. The predicted octanol–water partition coefficient (Wildman–Crippen LogP) is 1.12. The average Bonchev–Trinajstić information content (AvgIpc) is 2.56. The molecule has 0 atom stereocenters. The van der Waals surface area contributed by atoms with E-state index < -0.39 is 0 Å². The summed E-state index contributed by atoms with van der Waals surface area (Å²) in [5.74, 6) is 0.0854. The normalized spacial score (nSPS) is 17.3. The smallest absolute Gasteiger partial charge is 0.234 e. The van der Waals surface area contributed by atoms with Crippen molar-refractivity contribution in [3.8, 4) is 0 Å². The number of halogens is 1. The van der Waals surface area contributed by atoms with Crippen molar-refractivity contribution in [3.63, 3.8) is 0 Å². The minimum absolute atomic E-state index is 0.0854. The third kappa shape index (κ3) is 3.45. The zero-order valence-electron chi connectivity index (χ0n) is 10.3. The molecule has 5 heteroatoms. The molecule has 18 heavy (non-hydrogen) atoms. The number of hydrogen-bond acceptors (Lipinski definition) is 3. The average molecular weight is 268 g/mol. The highest BCUT2D eigenvalue weighted by molar-refractivity contribution is 6.31. The van der Waals surface area contributed by atoms with Crippen LogP contribution in [0.2, 0.25) is 5.02 Å². The Labute approximate surface area is 112 Å². The van der Waals surface area contributed by atoms with E-state index >= 15 is 0 Å². The van der Waals surface area contributed by atoms with Crippen molar-refractivity contribution in [2.45, 2.75) is 19.5 Å². The molecule has 1 heterocycles. The highest BCUT2D eigenvalue weighted by Gasteiger charge is 2.15. The summed E-state index contributed by atoms with van der Waals surface area (Å²) in [6, 6.07) is 5.88. The van der Waals surface area contributed by atoms with E-state index in [-0.39, 0.29) is 5.91 Å². The summed E-state index contributed by atoms with van der Waals surface area (Å²) in [6.07, 6.45) is 0.976. The largest absolute Gasteiger partial charge is 0.355 e. The van der Waals surface area contributed by atoms with Gasteiger partial charge in [-0.05, 0) is 23.6 Å². The van der Waals surface area contributed by atoms with Crippen LogP contribution in [0.4, 0.5) is 0 Å². The van der Waals surface area contributed by atoms with Crippen LogP contribution in [-0.4, -0.2) is 30.4 Å². The molecule has 0 saturated carbocycles. The molecule has 1 aliphatic rings. The number of carbonyl (C=O) groups excluding carboxylic acids is 1. The minimum atomic E-state index is 0.0854. The molecule has 0 unspecified atom stereocenters. The molecule has 1 aromatic rings. The number of nitrogens with one attached hydrogen (secondary N) is 1. The Morgan fingerprint density at radius 2 is 2.28 bits per heavy atom. The number of rotatable bonds is 3. The Morgan fingerprint density at radius 3 is 3.00 bits per heavy atom. The van der Waals surface area contributed by atoms with Crippen LogP contribution in [0.1, 0.15) is 17.5 Å². The SMILES string of the molecule is NCc1ccc(CN2CCCNC(=O)C2)c(Cl)c1. The van der Waals surface area contributed by atoms with Gasteiger partial charge in [-0.25, -0.2) is 0 Å². The third-order valence-electron chi connectivity index (χ3n) is 3.09. The monoisotopic (exact) mass is 267 g/mol. The van der Waals surface area contributed by atoms with Crippen LogP contribution in [0.5, 0.6) is 0 Å². The standard InChI is InChI=1S/C13H18ClN3O/c14-12-6-10(7-15)2-3-11(12)8-17-5-1-4-16-13(18)9-17/h2-3,6H,1,4-5,7-9,15H2,(H,16,18). The minimum Gasteiger partial charge on any atom is -0.355 e. The fourth-order valence-corrected chi connectivity index (χ4v) is 2.35. The lowest BCUT2D eigenvalue weighted by atomic mass is 10.1. The Morgan fingerprint density at radius 1 is 1.44 bits per heavy atom. The number of carbonyl (C=O) groups is 1. The highest BCUT2D eigenvalue weighted by Crippen LogP contribution is 2.19. The van der Waals surface area contributed by atoms with Crippen molar-refractivity contribution in [3.05, 3.63) is 34.3 Å². The maximum absolute atomic E-state index is 11.5. The van der Waals surface area contributed by atoms with Gasteiger partial charge in [0.1, 0.15) is 0 Å². The summed E-state index contributed by atoms with van der Waals surface area (Å²) in [7, 11) is 0. The quantitative estimate of drug-likeness (QED) is 0.863. The van der Waals surface area contributed by atoms with Gasteiger partial charge in [0.15, 0.2) is 0 Å². The molecule has 1 aliphatic heterocycles. The zero-order valence-corrected chi connectivity index (χ0v) is 11.0. The zero-order chi connectivity index (χ0) is 13.0.